The first-order chi connectivity index (χ1) is 8.52. The monoisotopic (exact) mass is 250 g/mol. The van der Waals surface area contributed by atoms with Crippen molar-refractivity contribution in [2.24, 2.45) is 0 Å². The number of methoxy groups -OCH3 is 1. The lowest BCUT2D eigenvalue weighted by Gasteiger charge is -2.18. The lowest BCUT2D eigenvalue weighted by atomic mass is 10.1. The fourth-order valence-electron chi connectivity index (χ4n) is 1.56. The number of carbonyl (C=O) groups excluding carboxylic acids is 1. The number of hydrogen-bond donors (Lipinski definition) is 0. The zero-order valence-corrected chi connectivity index (χ0v) is 11.6. The molecule has 0 aliphatic carbocycles. The predicted molar refractivity (Wildman–Crippen MR) is 73.4 cm³/mol. The maximum absolute atomic E-state index is 12.0. The number of rotatable bonds is 7. The van der Waals surface area contributed by atoms with E-state index in [1.54, 1.807) is 19.2 Å². The Balaban J connectivity index is 2.48. The van der Waals surface area contributed by atoms with Crippen LogP contribution >= 0.6 is 0 Å². The van der Waals surface area contributed by atoms with Crippen LogP contribution in [0.3, 0.4) is 0 Å². The van der Waals surface area contributed by atoms with E-state index in [0.29, 0.717) is 6.54 Å². The molecule has 0 fully saturated rings. The molecule has 0 saturated heterocycles. The highest BCUT2D eigenvalue weighted by Crippen LogP contribution is 2.11. The van der Waals surface area contributed by atoms with Gasteiger partial charge in [0.15, 0.2) is 5.78 Å². The standard InChI is InChI=1S/C14H22N2O2/c1-15(2)9-10-16(3)11-14(17)12-5-7-13(18-4)8-6-12/h5-8H,9-11H2,1-4H3. The van der Waals surface area contributed by atoms with E-state index in [9.17, 15) is 4.79 Å². The van der Waals surface area contributed by atoms with Gasteiger partial charge in [0.25, 0.3) is 0 Å². The molecule has 0 saturated carbocycles. The van der Waals surface area contributed by atoms with Crippen molar-refractivity contribution in [3.8, 4) is 5.75 Å². The van der Waals surface area contributed by atoms with Gasteiger partial charge in [0.1, 0.15) is 5.75 Å². The summed E-state index contributed by atoms with van der Waals surface area (Å²) in [7, 11) is 7.63. The van der Waals surface area contributed by atoms with Gasteiger partial charge >= 0.3 is 0 Å². The van der Waals surface area contributed by atoms with Crippen molar-refractivity contribution in [2.45, 2.75) is 0 Å². The Morgan fingerprint density at radius 3 is 2.22 bits per heavy atom. The van der Waals surface area contributed by atoms with Crippen molar-refractivity contribution in [1.29, 1.82) is 0 Å². The maximum atomic E-state index is 12.0. The highest BCUT2D eigenvalue weighted by atomic mass is 16.5. The molecule has 1 aromatic carbocycles. The van der Waals surface area contributed by atoms with E-state index in [1.165, 1.54) is 0 Å². The summed E-state index contributed by atoms with van der Waals surface area (Å²) in [6.07, 6.45) is 0. The third kappa shape index (κ3) is 4.85. The Labute approximate surface area is 109 Å². The van der Waals surface area contributed by atoms with E-state index in [4.69, 9.17) is 4.74 Å². The molecule has 0 radical (unpaired) electrons. The fraction of sp³-hybridized carbons (Fsp3) is 0.500. The molecule has 0 aliphatic rings. The number of ketones is 1. The van der Waals surface area contributed by atoms with Gasteiger partial charge in [0.05, 0.1) is 13.7 Å². The molecule has 0 aromatic heterocycles. The van der Waals surface area contributed by atoms with E-state index < -0.39 is 0 Å². The lowest BCUT2D eigenvalue weighted by molar-refractivity contribution is 0.0942. The zero-order chi connectivity index (χ0) is 13.5. The fourth-order valence-corrected chi connectivity index (χ4v) is 1.56. The van der Waals surface area contributed by atoms with Crippen LogP contribution in [-0.4, -0.2) is 63.5 Å². The zero-order valence-electron chi connectivity index (χ0n) is 11.6. The molecule has 0 unspecified atom stereocenters. The number of hydrogen-bond acceptors (Lipinski definition) is 4. The number of nitrogens with zero attached hydrogens (tertiary/aromatic N) is 2. The van der Waals surface area contributed by atoms with Gasteiger partial charge in [0, 0.05) is 18.7 Å². The van der Waals surface area contributed by atoms with Gasteiger partial charge in [-0.2, -0.15) is 0 Å². The molecule has 0 heterocycles. The van der Waals surface area contributed by atoms with Crippen LogP contribution in [0.4, 0.5) is 0 Å². The van der Waals surface area contributed by atoms with Crippen LogP contribution in [0.15, 0.2) is 24.3 Å². The Kier molecular flexibility index (Phi) is 5.82. The quantitative estimate of drug-likeness (QED) is 0.684. The first kappa shape index (κ1) is 14.7. The summed E-state index contributed by atoms with van der Waals surface area (Å²) >= 11 is 0. The second kappa shape index (κ2) is 7.13. The number of carbonyl (C=O) groups is 1. The van der Waals surface area contributed by atoms with E-state index >= 15 is 0 Å². The minimum atomic E-state index is 0.138. The smallest absolute Gasteiger partial charge is 0.176 e. The summed E-state index contributed by atoms with van der Waals surface area (Å²) in [6.45, 7) is 2.28. The summed E-state index contributed by atoms with van der Waals surface area (Å²) in [5.74, 6) is 0.909. The first-order valence-electron chi connectivity index (χ1n) is 6.03. The van der Waals surface area contributed by atoms with Crippen LogP contribution in [-0.2, 0) is 0 Å². The summed E-state index contributed by atoms with van der Waals surface area (Å²) in [5.41, 5.74) is 0.729. The third-order valence-corrected chi connectivity index (χ3v) is 2.75. The molecular formula is C14H22N2O2. The van der Waals surface area contributed by atoms with E-state index in [-0.39, 0.29) is 5.78 Å². The first-order valence-corrected chi connectivity index (χ1v) is 6.03. The van der Waals surface area contributed by atoms with Crippen molar-refractivity contribution in [3.63, 3.8) is 0 Å². The van der Waals surface area contributed by atoms with Crippen molar-refractivity contribution < 1.29 is 9.53 Å². The van der Waals surface area contributed by atoms with E-state index in [2.05, 4.69) is 4.90 Å². The molecule has 0 atom stereocenters. The van der Waals surface area contributed by atoms with Crippen molar-refractivity contribution >= 4 is 5.78 Å². The Bertz CT molecular complexity index is 374. The van der Waals surface area contributed by atoms with Crippen molar-refractivity contribution in [3.05, 3.63) is 29.8 Å². The van der Waals surface area contributed by atoms with Crippen LogP contribution in [0.1, 0.15) is 10.4 Å². The van der Waals surface area contributed by atoms with Gasteiger partial charge in [-0.3, -0.25) is 9.69 Å². The van der Waals surface area contributed by atoms with Crippen molar-refractivity contribution in [1.82, 2.24) is 9.80 Å². The van der Waals surface area contributed by atoms with Gasteiger partial charge in [-0.25, -0.2) is 0 Å². The molecule has 4 nitrogen and oxygen atoms in total. The molecule has 1 rings (SSSR count). The number of likely N-dealkylation sites (N-methyl/N-ethyl adjacent to an activating group) is 2. The largest absolute Gasteiger partial charge is 0.497 e. The second-order valence-corrected chi connectivity index (χ2v) is 4.69. The molecule has 100 valence electrons. The molecule has 0 aliphatic heterocycles. The Morgan fingerprint density at radius 1 is 1.11 bits per heavy atom. The molecule has 4 heteroatoms. The lowest BCUT2D eigenvalue weighted by Crippen LogP contribution is -2.32. The van der Waals surface area contributed by atoms with Gasteiger partial charge in [-0.15, -0.1) is 0 Å². The van der Waals surface area contributed by atoms with Crippen molar-refractivity contribution in [2.75, 3.05) is 47.9 Å². The molecule has 1 aromatic rings. The summed E-state index contributed by atoms with van der Waals surface area (Å²) < 4.78 is 5.07. The van der Waals surface area contributed by atoms with E-state index in [1.807, 2.05) is 38.2 Å². The molecule has 0 amide bonds. The van der Waals surface area contributed by atoms with Crippen LogP contribution in [0.5, 0.6) is 5.75 Å². The van der Waals surface area contributed by atoms with Gasteiger partial charge in [0.2, 0.25) is 0 Å². The molecule has 18 heavy (non-hydrogen) atoms. The Morgan fingerprint density at radius 2 is 1.72 bits per heavy atom. The summed E-state index contributed by atoms with van der Waals surface area (Å²) in [5, 5.41) is 0. The molecule has 0 spiro atoms. The summed E-state index contributed by atoms with van der Waals surface area (Å²) in [6, 6.07) is 7.24. The van der Waals surface area contributed by atoms with Gasteiger partial charge < -0.3 is 9.64 Å². The number of Topliss-reactive ketones (excluding diaryl/α,β-unsaturated/α-hetero) is 1. The minimum Gasteiger partial charge on any atom is -0.497 e. The van der Waals surface area contributed by atoms with Crippen LogP contribution in [0, 0.1) is 0 Å². The Hall–Kier alpha value is -1.39. The summed E-state index contributed by atoms with van der Waals surface area (Å²) in [4.78, 5) is 16.1. The molecule has 0 N–H and O–H groups in total. The minimum absolute atomic E-state index is 0.138. The van der Waals surface area contributed by atoms with Crippen LogP contribution < -0.4 is 4.74 Å². The van der Waals surface area contributed by atoms with Gasteiger partial charge in [-0.1, -0.05) is 0 Å². The normalized spacial score (nSPS) is 11.0. The van der Waals surface area contributed by atoms with Crippen LogP contribution in [0.2, 0.25) is 0 Å². The van der Waals surface area contributed by atoms with Crippen LogP contribution in [0.25, 0.3) is 0 Å². The average Bonchev–Trinajstić information content (AvgIpc) is 2.36. The highest BCUT2D eigenvalue weighted by molar-refractivity contribution is 5.97. The van der Waals surface area contributed by atoms with Gasteiger partial charge in [-0.05, 0) is 45.4 Å². The number of ether oxygens (including phenoxy) is 1. The second-order valence-electron chi connectivity index (χ2n) is 4.69. The topological polar surface area (TPSA) is 32.8 Å². The predicted octanol–water partition coefficient (Wildman–Crippen LogP) is 1.37. The maximum Gasteiger partial charge on any atom is 0.176 e. The molecule has 0 bridgehead atoms. The molecular weight excluding hydrogens is 228 g/mol. The number of benzene rings is 1. The third-order valence-electron chi connectivity index (χ3n) is 2.75. The average molecular weight is 250 g/mol. The van der Waals surface area contributed by atoms with E-state index in [0.717, 1.165) is 24.4 Å². The highest BCUT2D eigenvalue weighted by Gasteiger charge is 2.09. The SMILES string of the molecule is COc1ccc(C(=O)CN(C)CCN(C)C)cc1.